The molecule has 2 heterocycles. The third-order valence-electron chi connectivity index (χ3n) is 5.71. The number of carboxylic acid groups (broad SMARTS) is 1. The first-order valence-corrected chi connectivity index (χ1v) is 12.0. The summed E-state index contributed by atoms with van der Waals surface area (Å²) in [6.45, 7) is 0. The Hall–Kier alpha value is -4.39. The highest BCUT2D eigenvalue weighted by molar-refractivity contribution is 6.35. The predicted octanol–water partition coefficient (Wildman–Crippen LogP) is 7.54. The van der Waals surface area contributed by atoms with Crippen LogP contribution in [-0.4, -0.2) is 27.0 Å². The summed E-state index contributed by atoms with van der Waals surface area (Å²) < 4.78 is 0. The zero-order chi connectivity index (χ0) is 25.9. The van der Waals surface area contributed by atoms with Crippen molar-refractivity contribution in [2.24, 2.45) is 0 Å². The zero-order valence-corrected chi connectivity index (χ0v) is 20.7. The van der Waals surface area contributed by atoms with Crippen molar-refractivity contribution in [2.75, 3.05) is 5.32 Å². The van der Waals surface area contributed by atoms with E-state index >= 15 is 0 Å². The van der Waals surface area contributed by atoms with Crippen molar-refractivity contribution in [2.45, 2.75) is 0 Å². The number of aromatic carboxylic acids is 1. The van der Waals surface area contributed by atoms with Crippen molar-refractivity contribution >= 4 is 80.8 Å². The molecule has 182 valence electrons. The summed E-state index contributed by atoms with van der Waals surface area (Å²) in [6, 6.07) is 22.0. The second-order valence-electron chi connectivity index (χ2n) is 8.24. The lowest BCUT2D eigenvalue weighted by atomic mass is 10.1. The topological polar surface area (TPSA) is 95.1 Å². The number of fused-ring (bicyclic) bond motifs is 2. The summed E-state index contributed by atoms with van der Waals surface area (Å²) in [7, 11) is 0. The Kier molecular flexibility index (Phi) is 6.77. The average Bonchev–Trinajstić information content (AvgIpc) is 3.26. The lowest BCUT2D eigenvalue weighted by Crippen LogP contribution is -2.08. The van der Waals surface area contributed by atoms with Gasteiger partial charge in [0.2, 0.25) is 5.91 Å². The first-order chi connectivity index (χ1) is 17.9. The summed E-state index contributed by atoms with van der Waals surface area (Å²) in [6.07, 6.45) is 6.55. The molecule has 3 aromatic carbocycles. The molecule has 0 saturated carbocycles. The number of hydrogen-bond donors (Lipinski definition) is 3. The Balaban J connectivity index is 1.33. The van der Waals surface area contributed by atoms with Gasteiger partial charge in [0, 0.05) is 33.1 Å². The van der Waals surface area contributed by atoms with Crippen molar-refractivity contribution in [3.05, 3.63) is 111 Å². The second-order valence-corrected chi connectivity index (χ2v) is 9.08. The van der Waals surface area contributed by atoms with Crippen LogP contribution in [0.5, 0.6) is 0 Å². The van der Waals surface area contributed by atoms with Crippen LogP contribution < -0.4 is 5.32 Å². The van der Waals surface area contributed by atoms with E-state index in [1.165, 1.54) is 12.2 Å². The summed E-state index contributed by atoms with van der Waals surface area (Å²) in [5.74, 6) is -1.54. The quantitative estimate of drug-likeness (QED) is 0.199. The molecule has 0 radical (unpaired) electrons. The lowest BCUT2D eigenvalue weighted by Gasteiger charge is -2.04. The number of pyridine rings is 1. The number of carboxylic acids is 1. The fourth-order valence-corrected chi connectivity index (χ4v) is 4.38. The third-order valence-corrected chi connectivity index (χ3v) is 6.26. The SMILES string of the molecule is O=C(/C=C/c1c(C(=O)O)[nH]c2c(Cl)cccc12)Nc1cccc(/C=C/c2ccc3ccc(Cl)cc3n2)c1. The van der Waals surface area contributed by atoms with Crippen LogP contribution in [0.4, 0.5) is 5.69 Å². The maximum Gasteiger partial charge on any atom is 0.352 e. The summed E-state index contributed by atoms with van der Waals surface area (Å²) in [4.78, 5) is 31.7. The zero-order valence-electron chi connectivity index (χ0n) is 19.2. The fourth-order valence-electron chi connectivity index (χ4n) is 3.99. The van der Waals surface area contributed by atoms with Gasteiger partial charge >= 0.3 is 5.97 Å². The summed E-state index contributed by atoms with van der Waals surface area (Å²) in [5.41, 5.74) is 3.89. The van der Waals surface area contributed by atoms with E-state index in [9.17, 15) is 14.7 Å². The number of carbonyl (C=O) groups excluding carboxylic acids is 1. The number of amides is 1. The molecule has 0 unspecified atom stereocenters. The molecule has 2 aromatic heterocycles. The van der Waals surface area contributed by atoms with Crippen LogP contribution >= 0.6 is 23.2 Å². The van der Waals surface area contributed by atoms with Crippen LogP contribution in [0.1, 0.15) is 27.3 Å². The highest BCUT2D eigenvalue weighted by Gasteiger charge is 2.16. The molecule has 0 saturated heterocycles. The normalized spacial score (nSPS) is 11.6. The van der Waals surface area contributed by atoms with Crippen LogP contribution in [0.3, 0.4) is 0 Å². The summed E-state index contributed by atoms with van der Waals surface area (Å²) >= 11 is 12.3. The van der Waals surface area contributed by atoms with E-state index in [1.807, 2.05) is 60.7 Å². The third kappa shape index (κ3) is 5.40. The number of hydrogen-bond acceptors (Lipinski definition) is 3. The van der Waals surface area contributed by atoms with Gasteiger partial charge < -0.3 is 15.4 Å². The van der Waals surface area contributed by atoms with Gasteiger partial charge in [0.25, 0.3) is 0 Å². The highest BCUT2D eigenvalue weighted by Crippen LogP contribution is 2.29. The van der Waals surface area contributed by atoms with Crippen LogP contribution in [0, 0.1) is 0 Å². The van der Waals surface area contributed by atoms with E-state index in [1.54, 1.807) is 24.3 Å². The van der Waals surface area contributed by atoms with E-state index in [2.05, 4.69) is 15.3 Å². The van der Waals surface area contributed by atoms with E-state index < -0.39 is 11.9 Å². The molecule has 3 N–H and O–H groups in total. The van der Waals surface area contributed by atoms with Gasteiger partial charge in [-0.15, -0.1) is 0 Å². The number of aromatic nitrogens is 2. The van der Waals surface area contributed by atoms with E-state index in [-0.39, 0.29) is 5.69 Å². The smallest absolute Gasteiger partial charge is 0.352 e. The highest BCUT2D eigenvalue weighted by atomic mass is 35.5. The van der Waals surface area contributed by atoms with Gasteiger partial charge in [0.05, 0.1) is 21.7 Å². The number of benzene rings is 3. The molecule has 0 bridgehead atoms. The number of aromatic amines is 1. The van der Waals surface area contributed by atoms with E-state index in [0.29, 0.717) is 32.2 Å². The van der Waals surface area contributed by atoms with E-state index in [0.717, 1.165) is 22.2 Å². The molecule has 0 aliphatic rings. The van der Waals surface area contributed by atoms with Crippen molar-refractivity contribution in [3.8, 4) is 0 Å². The lowest BCUT2D eigenvalue weighted by molar-refractivity contribution is -0.111. The molecule has 37 heavy (non-hydrogen) atoms. The number of nitrogens with zero attached hydrogens (tertiary/aromatic N) is 1. The monoisotopic (exact) mass is 527 g/mol. The first-order valence-electron chi connectivity index (χ1n) is 11.2. The molecular formula is C29H19Cl2N3O3. The molecule has 0 atom stereocenters. The maximum atomic E-state index is 12.6. The first kappa shape index (κ1) is 24.3. The molecular weight excluding hydrogens is 509 g/mol. The number of anilines is 1. The van der Waals surface area contributed by atoms with Crippen LogP contribution in [-0.2, 0) is 4.79 Å². The van der Waals surface area contributed by atoms with Gasteiger partial charge in [0.1, 0.15) is 5.69 Å². The number of para-hydroxylation sites is 1. The number of rotatable bonds is 6. The molecule has 0 aliphatic carbocycles. The van der Waals surface area contributed by atoms with Crippen LogP contribution in [0.25, 0.3) is 40.0 Å². The molecule has 0 aliphatic heterocycles. The number of carbonyl (C=O) groups is 2. The van der Waals surface area contributed by atoms with Crippen molar-refractivity contribution in [3.63, 3.8) is 0 Å². The molecule has 5 rings (SSSR count). The molecule has 5 aromatic rings. The minimum absolute atomic E-state index is 0.0381. The van der Waals surface area contributed by atoms with Crippen molar-refractivity contribution in [1.29, 1.82) is 0 Å². The van der Waals surface area contributed by atoms with Crippen LogP contribution in [0.15, 0.2) is 78.9 Å². The van der Waals surface area contributed by atoms with E-state index in [4.69, 9.17) is 23.2 Å². The Bertz CT molecular complexity index is 1740. The second kappa shape index (κ2) is 10.3. The van der Waals surface area contributed by atoms with Gasteiger partial charge in [-0.05, 0) is 54.1 Å². The number of H-pyrrole nitrogens is 1. The molecule has 0 spiro atoms. The Morgan fingerprint density at radius 2 is 1.73 bits per heavy atom. The van der Waals surface area contributed by atoms with Gasteiger partial charge in [-0.1, -0.05) is 65.7 Å². The Labute approximate surface area is 221 Å². The molecule has 1 amide bonds. The number of halogens is 2. The molecule has 0 fully saturated rings. The van der Waals surface area contributed by atoms with Gasteiger partial charge in [-0.2, -0.15) is 0 Å². The van der Waals surface area contributed by atoms with Crippen LogP contribution in [0.2, 0.25) is 10.0 Å². The summed E-state index contributed by atoms with van der Waals surface area (Å²) in [5, 5.41) is 15.0. The molecule has 6 nitrogen and oxygen atoms in total. The minimum atomic E-state index is -1.14. The Morgan fingerprint density at radius 3 is 2.57 bits per heavy atom. The van der Waals surface area contributed by atoms with Gasteiger partial charge in [-0.3, -0.25) is 4.79 Å². The fraction of sp³-hybridized carbons (Fsp3) is 0. The van der Waals surface area contributed by atoms with Gasteiger partial charge in [0.15, 0.2) is 0 Å². The Morgan fingerprint density at radius 1 is 0.919 bits per heavy atom. The maximum absolute atomic E-state index is 12.6. The van der Waals surface area contributed by atoms with Crippen molar-refractivity contribution < 1.29 is 14.7 Å². The number of nitrogens with one attached hydrogen (secondary N) is 2. The predicted molar refractivity (Wildman–Crippen MR) is 150 cm³/mol. The molecule has 8 heteroatoms. The van der Waals surface area contributed by atoms with Gasteiger partial charge in [-0.25, -0.2) is 9.78 Å². The van der Waals surface area contributed by atoms with Crippen molar-refractivity contribution in [1.82, 2.24) is 9.97 Å². The average molecular weight is 528 g/mol. The minimum Gasteiger partial charge on any atom is -0.477 e. The standard InChI is InChI=1S/C29H19Cl2N3O3/c30-19-10-8-18-9-12-20(32-25(18)16-19)11-7-17-3-1-4-21(15-17)33-26(35)14-13-23-22-5-2-6-24(31)27(22)34-28(23)29(36)37/h1-16,34H,(H,33,35)(H,36,37)/b11-7+,14-13+. The largest absolute Gasteiger partial charge is 0.477 e.